The first kappa shape index (κ1) is 21.1. The van der Waals surface area contributed by atoms with Gasteiger partial charge in [-0.05, 0) is 56.0 Å². The van der Waals surface area contributed by atoms with Crippen LogP contribution in [-0.4, -0.2) is 20.6 Å². The lowest BCUT2D eigenvalue weighted by Crippen LogP contribution is -2.23. The molecular weight excluding hydrogens is 384 g/mol. The maximum absolute atomic E-state index is 12.9. The van der Waals surface area contributed by atoms with Crippen LogP contribution in [-0.2, 0) is 0 Å². The number of rotatable bonds is 7. The van der Waals surface area contributed by atoms with E-state index in [4.69, 9.17) is 11.6 Å². The quantitative estimate of drug-likeness (QED) is 0.560. The van der Waals surface area contributed by atoms with Crippen LogP contribution in [0.4, 0.5) is 5.95 Å². The third kappa shape index (κ3) is 4.67. The van der Waals surface area contributed by atoms with Crippen LogP contribution in [0.5, 0.6) is 0 Å². The summed E-state index contributed by atoms with van der Waals surface area (Å²) in [7, 11) is 0. The second-order valence-corrected chi connectivity index (χ2v) is 7.62. The van der Waals surface area contributed by atoms with E-state index in [1.807, 2.05) is 50.4 Å². The standard InChI is InChI=1S/C23H27ClN4O/c1-5-18(6-2)26-23-25-12-10-21(27-23)17-11-13-28(22(29)14-17)16(4)19-8-7-9-20(24)15(19)3/h7-14,16,18H,5-6H2,1-4H3,(H,25,26,27)/t16-/m1/s1. The van der Waals surface area contributed by atoms with E-state index < -0.39 is 0 Å². The molecule has 6 heteroatoms. The zero-order valence-electron chi connectivity index (χ0n) is 17.3. The number of hydrogen-bond donors (Lipinski definition) is 1. The van der Waals surface area contributed by atoms with Crippen molar-refractivity contribution in [2.45, 2.75) is 52.6 Å². The minimum Gasteiger partial charge on any atom is -0.351 e. The van der Waals surface area contributed by atoms with Gasteiger partial charge in [-0.3, -0.25) is 4.79 Å². The van der Waals surface area contributed by atoms with Gasteiger partial charge in [0.1, 0.15) is 0 Å². The molecule has 0 saturated carbocycles. The van der Waals surface area contributed by atoms with E-state index in [-0.39, 0.29) is 11.6 Å². The lowest BCUT2D eigenvalue weighted by molar-refractivity contribution is 0.612. The van der Waals surface area contributed by atoms with Crippen LogP contribution in [0.3, 0.4) is 0 Å². The van der Waals surface area contributed by atoms with E-state index in [1.165, 1.54) is 0 Å². The molecule has 0 saturated heterocycles. The summed E-state index contributed by atoms with van der Waals surface area (Å²) >= 11 is 6.25. The topological polar surface area (TPSA) is 59.8 Å². The van der Waals surface area contributed by atoms with E-state index in [0.717, 1.165) is 35.2 Å². The summed E-state index contributed by atoms with van der Waals surface area (Å²) in [6.07, 6.45) is 5.54. The summed E-state index contributed by atoms with van der Waals surface area (Å²) in [4.78, 5) is 21.7. The molecule has 0 radical (unpaired) electrons. The molecule has 1 aromatic carbocycles. The Bertz CT molecular complexity index is 1040. The average molecular weight is 411 g/mol. The summed E-state index contributed by atoms with van der Waals surface area (Å²) in [5, 5.41) is 4.05. The predicted molar refractivity (Wildman–Crippen MR) is 120 cm³/mol. The van der Waals surface area contributed by atoms with Crippen LogP contribution in [0.1, 0.15) is 50.8 Å². The molecule has 152 valence electrons. The minimum absolute atomic E-state index is 0.0810. The fraction of sp³-hybridized carbons (Fsp3) is 0.348. The Morgan fingerprint density at radius 1 is 1.17 bits per heavy atom. The molecule has 2 heterocycles. The number of nitrogens with zero attached hydrogens (tertiary/aromatic N) is 3. The minimum atomic E-state index is -0.118. The van der Waals surface area contributed by atoms with Crippen molar-refractivity contribution < 1.29 is 0 Å². The van der Waals surface area contributed by atoms with Crippen molar-refractivity contribution in [1.29, 1.82) is 0 Å². The molecule has 29 heavy (non-hydrogen) atoms. The third-order valence-electron chi connectivity index (χ3n) is 5.40. The molecule has 1 N–H and O–H groups in total. The Balaban J connectivity index is 1.90. The first-order valence-corrected chi connectivity index (χ1v) is 10.4. The number of benzene rings is 1. The van der Waals surface area contributed by atoms with E-state index >= 15 is 0 Å². The van der Waals surface area contributed by atoms with Crippen molar-refractivity contribution in [1.82, 2.24) is 14.5 Å². The smallest absolute Gasteiger partial charge is 0.251 e. The van der Waals surface area contributed by atoms with Gasteiger partial charge in [-0.15, -0.1) is 0 Å². The SMILES string of the molecule is CCC(CC)Nc1nccc(-c2ccn([C@H](C)c3cccc(Cl)c3C)c(=O)c2)n1. The van der Waals surface area contributed by atoms with Gasteiger partial charge in [-0.2, -0.15) is 0 Å². The van der Waals surface area contributed by atoms with E-state index in [1.54, 1.807) is 16.8 Å². The van der Waals surface area contributed by atoms with E-state index in [2.05, 4.69) is 29.1 Å². The first-order chi connectivity index (χ1) is 13.9. The molecule has 1 atom stereocenters. The van der Waals surface area contributed by atoms with Crippen molar-refractivity contribution in [2.75, 3.05) is 5.32 Å². The van der Waals surface area contributed by atoms with Crippen LogP contribution in [0.15, 0.2) is 53.6 Å². The van der Waals surface area contributed by atoms with Gasteiger partial charge in [-0.25, -0.2) is 9.97 Å². The fourth-order valence-electron chi connectivity index (χ4n) is 3.46. The molecule has 0 unspecified atom stereocenters. The van der Waals surface area contributed by atoms with Gasteiger partial charge >= 0.3 is 0 Å². The normalized spacial score (nSPS) is 12.2. The molecule has 0 bridgehead atoms. The van der Waals surface area contributed by atoms with Gasteiger partial charge in [0, 0.05) is 35.1 Å². The van der Waals surface area contributed by atoms with Crippen LogP contribution >= 0.6 is 11.6 Å². The predicted octanol–water partition coefficient (Wildman–Crippen LogP) is 5.48. The Hall–Kier alpha value is -2.66. The molecule has 2 aromatic heterocycles. The largest absolute Gasteiger partial charge is 0.351 e. The van der Waals surface area contributed by atoms with Crippen LogP contribution in [0.2, 0.25) is 5.02 Å². The number of aromatic nitrogens is 3. The van der Waals surface area contributed by atoms with Crippen LogP contribution in [0, 0.1) is 6.92 Å². The van der Waals surface area contributed by atoms with Gasteiger partial charge in [0.25, 0.3) is 5.56 Å². The van der Waals surface area contributed by atoms with Crippen LogP contribution < -0.4 is 10.9 Å². The van der Waals surface area contributed by atoms with Gasteiger partial charge in [0.15, 0.2) is 0 Å². The Kier molecular flexibility index (Phi) is 6.70. The molecule has 3 aromatic rings. The lowest BCUT2D eigenvalue weighted by Gasteiger charge is -2.19. The number of nitrogens with one attached hydrogen (secondary N) is 1. The fourth-order valence-corrected chi connectivity index (χ4v) is 3.64. The number of anilines is 1. The highest BCUT2D eigenvalue weighted by Crippen LogP contribution is 2.26. The summed E-state index contributed by atoms with van der Waals surface area (Å²) < 4.78 is 1.71. The molecule has 5 nitrogen and oxygen atoms in total. The summed E-state index contributed by atoms with van der Waals surface area (Å²) in [5.74, 6) is 0.586. The first-order valence-electron chi connectivity index (χ1n) is 10.0. The van der Waals surface area contributed by atoms with Crippen molar-refractivity contribution in [3.05, 3.63) is 75.3 Å². The summed E-state index contributed by atoms with van der Waals surface area (Å²) in [6, 6.07) is 11.4. The maximum Gasteiger partial charge on any atom is 0.251 e. The zero-order chi connectivity index (χ0) is 21.0. The van der Waals surface area contributed by atoms with Crippen molar-refractivity contribution >= 4 is 17.5 Å². The molecule has 0 aliphatic carbocycles. The summed E-state index contributed by atoms with van der Waals surface area (Å²) in [6.45, 7) is 8.24. The Morgan fingerprint density at radius 3 is 2.62 bits per heavy atom. The molecule has 0 amide bonds. The van der Waals surface area contributed by atoms with Crippen molar-refractivity contribution in [3.8, 4) is 11.3 Å². The summed E-state index contributed by atoms with van der Waals surface area (Å²) in [5.41, 5.74) is 3.44. The zero-order valence-corrected chi connectivity index (χ0v) is 18.1. The molecule has 0 aliphatic heterocycles. The van der Waals surface area contributed by atoms with Gasteiger partial charge in [0.2, 0.25) is 5.95 Å². The highest BCUT2D eigenvalue weighted by atomic mass is 35.5. The number of hydrogen-bond acceptors (Lipinski definition) is 4. The molecule has 0 fully saturated rings. The third-order valence-corrected chi connectivity index (χ3v) is 5.80. The Morgan fingerprint density at radius 2 is 1.93 bits per heavy atom. The monoisotopic (exact) mass is 410 g/mol. The van der Waals surface area contributed by atoms with E-state index in [9.17, 15) is 4.79 Å². The molecule has 3 rings (SSSR count). The van der Waals surface area contributed by atoms with Gasteiger partial charge < -0.3 is 9.88 Å². The Labute approximate surface area is 176 Å². The number of halogens is 1. The van der Waals surface area contributed by atoms with E-state index in [0.29, 0.717) is 17.0 Å². The van der Waals surface area contributed by atoms with Gasteiger partial charge in [0.05, 0.1) is 11.7 Å². The van der Waals surface area contributed by atoms with Crippen molar-refractivity contribution in [2.24, 2.45) is 0 Å². The average Bonchev–Trinajstić information content (AvgIpc) is 2.73. The second kappa shape index (κ2) is 9.23. The molecule has 0 aliphatic rings. The second-order valence-electron chi connectivity index (χ2n) is 7.21. The van der Waals surface area contributed by atoms with Crippen LogP contribution in [0.25, 0.3) is 11.3 Å². The highest BCUT2D eigenvalue weighted by Gasteiger charge is 2.14. The lowest BCUT2D eigenvalue weighted by atomic mass is 10.0. The molecule has 0 spiro atoms. The number of pyridine rings is 1. The van der Waals surface area contributed by atoms with Crippen molar-refractivity contribution in [3.63, 3.8) is 0 Å². The maximum atomic E-state index is 12.9. The van der Waals surface area contributed by atoms with Gasteiger partial charge in [-0.1, -0.05) is 37.6 Å². The molecular formula is C23H27ClN4O. The highest BCUT2D eigenvalue weighted by molar-refractivity contribution is 6.31.